The van der Waals surface area contributed by atoms with Crippen molar-refractivity contribution in [2.75, 3.05) is 33.9 Å². The van der Waals surface area contributed by atoms with Crippen molar-refractivity contribution in [2.24, 2.45) is 10.9 Å². The van der Waals surface area contributed by atoms with Gasteiger partial charge in [-0.15, -0.1) is 11.3 Å². The topological polar surface area (TPSA) is 73.1 Å². The molecule has 0 bridgehead atoms. The number of sulfonamides is 1. The fraction of sp³-hybridized carbons (Fsp3) is 0.423. The van der Waals surface area contributed by atoms with Gasteiger partial charge in [-0.25, -0.2) is 13.4 Å². The molecule has 0 aliphatic carbocycles. The highest BCUT2D eigenvalue weighted by atomic mass is 32.2. The zero-order valence-corrected chi connectivity index (χ0v) is 22.1. The van der Waals surface area contributed by atoms with E-state index in [1.807, 2.05) is 36.4 Å². The largest absolute Gasteiger partial charge is 0.497 e. The van der Waals surface area contributed by atoms with Crippen LogP contribution in [0.5, 0.6) is 5.75 Å². The van der Waals surface area contributed by atoms with Gasteiger partial charge in [-0.1, -0.05) is 19.1 Å². The van der Waals surface area contributed by atoms with Crippen LogP contribution in [0.1, 0.15) is 26.2 Å². The average Bonchev–Trinajstić information content (AvgIpc) is 3.27. The highest BCUT2D eigenvalue weighted by Crippen LogP contribution is 2.27. The second-order valence-corrected chi connectivity index (χ2v) is 11.6. The molecule has 1 saturated heterocycles. The molecular weight excluding hydrogens is 482 g/mol. The minimum absolute atomic E-state index is 0.347. The fourth-order valence-electron chi connectivity index (χ4n) is 4.17. The molecule has 0 unspecified atom stereocenters. The number of thiazole rings is 1. The van der Waals surface area contributed by atoms with Gasteiger partial charge in [0.2, 0.25) is 10.0 Å². The van der Waals surface area contributed by atoms with Crippen molar-refractivity contribution >= 4 is 27.0 Å². The van der Waals surface area contributed by atoms with Crippen molar-refractivity contribution < 1.29 is 17.9 Å². The van der Waals surface area contributed by atoms with Crippen molar-refractivity contribution in [1.29, 1.82) is 0 Å². The van der Waals surface area contributed by atoms with Gasteiger partial charge in [-0.2, -0.15) is 4.31 Å². The Morgan fingerprint density at radius 2 is 1.71 bits per heavy atom. The Kier molecular flexibility index (Phi) is 8.43. The summed E-state index contributed by atoms with van der Waals surface area (Å²) in [7, 11) is -0.127. The Hall–Kier alpha value is -2.46. The number of piperidine rings is 1. The van der Waals surface area contributed by atoms with Crippen molar-refractivity contribution in [3.05, 3.63) is 58.7 Å². The van der Waals surface area contributed by atoms with E-state index in [9.17, 15) is 8.42 Å². The molecule has 0 spiro atoms. The predicted molar refractivity (Wildman–Crippen MR) is 140 cm³/mol. The first-order valence-corrected chi connectivity index (χ1v) is 14.2. The summed E-state index contributed by atoms with van der Waals surface area (Å²) in [6.45, 7) is 4.75. The van der Waals surface area contributed by atoms with Gasteiger partial charge in [0.1, 0.15) is 5.75 Å². The van der Waals surface area contributed by atoms with Crippen LogP contribution in [0.3, 0.4) is 0 Å². The normalized spacial score (nSPS) is 16.0. The lowest BCUT2D eigenvalue weighted by Gasteiger charge is -2.29. The van der Waals surface area contributed by atoms with Crippen molar-refractivity contribution in [2.45, 2.75) is 37.6 Å². The molecule has 35 heavy (non-hydrogen) atoms. The third-order valence-electron chi connectivity index (χ3n) is 6.36. The molecule has 7 nitrogen and oxygen atoms in total. The van der Waals surface area contributed by atoms with Crippen molar-refractivity contribution in [1.82, 2.24) is 8.87 Å². The Morgan fingerprint density at radius 3 is 2.34 bits per heavy atom. The summed E-state index contributed by atoms with van der Waals surface area (Å²) in [5, 5.41) is 2.07. The van der Waals surface area contributed by atoms with E-state index in [2.05, 4.69) is 16.9 Å². The maximum atomic E-state index is 13.1. The summed E-state index contributed by atoms with van der Waals surface area (Å²) in [4.78, 5) is 6.07. The highest BCUT2D eigenvalue weighted by molar-refractivity contribution is 7.89. The molecule has 9 heteroatoms. The number of hydrogen-bond donors (Lipinski definition) is 0. The van der Waals surface area contributed by atoms with Crippen LogP contribution >= 0.6 is 11.3 Å². The van der Waals surface area contributed by atoms with Crippen molar-refractivity contribution in [3.8, 4) is 17.0 Å². The van der Waals surface area contributed by atoms with Gasteiger partial charge in [0.05, 0.1) is 23.4 Å². The van der Waals surface area contributed by atoms with E-state index in [0.29, 0.717) is 30.5 Å². The van der Waals surface area contributed by atoms with Crippen LogP contribution in [0.2, 0.25) is 0 Å². The number of ether oxygens (including phenoxy) is 2. The first kappa shape index (κ1) is 25.6. The molecule has 1 fully saturated rings. The second kappa shape index (κ2) is 11.5. The monoisotopic (exact) mass is 515 g/mol. The maximum Gasteiger partial charge on any atom is 0.243 e. The van der Waals surface area contributed by atoms with E-state index in [1.165, 1.54) is 0 Å². The molecule has 188 valence electrons. The zero-order valence-electron chi connectivity index (χ0n) is 20.5. The number of nitrogens with zero attached hydrogens (tertiary/aromatic N) is 3. The van der Waals surface area contributed by atoms with Gasteiger partial charge >= 0.3 is 0 Å². The third-order valence-corrected chi connectivity index (χ3v) is 9.13. The second-order valence-electron chi connectivity index (χ2n) is 8.82. The van der Waals surface area contributed by atoms with Gasteiger partial charge in [0.25, 0.3) is 0 Å². The van der Waals surface area contributed by atoms with Crippen molar-refractivity contribution in [3.63, 3.8) is 0 Å². The quantitative estimate of drug-likeness (QED) is 0.380. The lowest BCUT2D eigenvalue weighted by Crippen LogP contribution is -2.37. The van der Waals surface area contributed by atoms with Gasteiger partial charge in [0.15, 0.2) is 4.80 Å². The Balaban J connectivity index is 1.64. The molecule has 1 aliphatic heterocycles. The molecule has 0 radical (unpaired) electrons. The summed E-state index contributed by atoms with van der Waals surface area (Å²) < 4.78 is 40.5. The maximum absolute atomic E-state index is 13.1. The third kappa shape index (κ3) is 6.03. The molecule has 0 amide bonds. The lowest BCUT2D eigenvalue weighted by atomic mass is 10.0. The Morgan fingerprint density at radius 1 is 1.03 bits per heavy atom. The first-order chi connectivity index (χ1) is 16.9. The number of rotatable bonds is 9. The van der Waals surface area contributed by atoms with Gasteiger partial charge < -0.3 is 14.0 Å². The van der Waals surface area contributed by atoms with E-state index >= 15 is 0 Å². The number of benzene rings is 2. The van der Waals surface area contributed by atoms with E-state index in [-0.39, 0.29) is 0 Å². The first-order valence-electron chi connectivity index (χ1n) is 11.9. The van der Waals surface area contributed by atoms with Crippen LogP contribution in [-0.2, 0) is 21.3 Å². The highest BCUT2D eigenvalue weighted by Gasteiger charge is 2.28. The van der Waals surface area contributed by atoms with E-state index in [1.54, 1.807) is 42.0 Å². The molecule has 0 atom stereocenters. The molecule has 2 heterocycles. The zero-order chi connectivity index (χ0) is 24.8. The molecule has 0 N–H and O–H groups in total. The fourth-order valence-corrected chi connectivity index (χ4v) is 6.60. The summed E-state index contributed by atoms with van der Waals surface area (Å²) >= 11 is 1.56. The van der Waals surface area contributed by atoms with Crippen LogP contribution in [0, 0.1) is 5.92 Å². The van der Waals surface area contributed by atoms with Gasteiger partial charge in [0, 0.05) is 38.7 Å². The Labute approximate surface area is 211 Å². The molecule has 2 aromatic carbocycles. The van der Waals surface area contributed by atoms with Crippen LogP contribution in [0.25, 0.3) is 11.3 Å². The standard InChI is InChI=1S/C26H33N3O4S2/c1-20-13-16-28(17-14-20)35(30,31)24-11-5-21(6-12-24)25-19-34-26(29(25)15-4-18-32-2)27-22-7-9-23(33-3)10-8-22/h5-12,19-20H,4,13-18H2,1-3H3. The molecule has 1 aromatic heterocycles. The van der Waals surface area contributed by atoms with Gasteiger partial charge in [-0.05, 0) is 67.1 Å². The summed E-state index contributed by atoms with van der Waals surface area (Å²) in [6, 6.07) is 14.9. The molecule has 3 aromatic rings. The number of hydrogen-bond acceptors (Lipinski definition) is 6. The van der Waals surface area contributed by atoms with Gasteiger partial charge in [-0.3, -0.25) is 0 Å². The SMILES string of the molecule is COCCCn1c(-c2ccc(S(=O)(=O)N3CCC(C)CC3)cc2)csc1=Nc1ccc(OC)cc1. The number of methoxy groups -OCH3 is 2. The van der Waals surface area contributed by atoms with Crippen LogP contribution in [-0.4, -0.2) is 51.2 Å². The minimum Gasteiger partial charge on any atom is -0.497 e. The van der Waals surface area contributed by atoms with Crippen LogP contribution < -0.4 is 9.54 Å². The molecular formula is C26H33N3O4S2. The average molecular weight is 516 g/mol. The smallest absolute Gasteiger partial charge is 0.243 e. The molecule has 4 rings (SSSR count). The minimum atomic E-state index is -3.47. The summed E-state index contributed by atoms with van der Waals surface area (Å²) in [5.74, 6) is 1.37. The summed E-state index contributed by atoms with van der Waals surface area (Å²) in [6.07, 6.45) is 2.66. The van der Waals surface area contributed by atoms with E-state index in [4.69, 9.17) is 14.5 Å². The molecule has 0 saturated carbocycles. The Bertz CT molecular complexity index is 1270. The van der Waals surface area contributed by atoms with Crippen LogP contribution in [0.15, 0.2) is 63.8 Å². The number of aromatic nitrogens is 1. The predicted octanol–water partition coefficient (Wildman–Crippen LogP) is 4.91. The van der Waals surface area contributed by atoms with Crippen LogP contribution in [0.4, 0.5) is 5.69 Å². The van der Waals surface area contributed by atoms with E-state index < -0.39 is 10.0 Å². The summed E-state index contributed by atoms with van der Waals surface area (Å²) in [5.41, 5.74) is 2.81. The molecule has 1 aliphatic rings. The van der Waals surface area contributed by atoms with E-state index in [0.717, 1.165) is 53.3 Å². The lowest BCUT2D eigenvalue weighted by molar-refractivity contribution is 0.190.